The zero-order valence-corrected chi connectivity index (χ0v) is 12.1. The van der Waals surface area contributed by atoms with Gasteiger partial charge in [-0.1, -0.05) is 13.3 Å². The van der Waals surface area contributed by atoms with Crippen molar-refractivity contribution in [3.63, 3.8) is 0 Å². The van der Waals surface area contributed by atoms with Crippen LogP contribution in [0, 0.1) is 17.5 Å². The molecule has 2 aromatic rings. The van der Waals surface area contributed by atoms with Crippen LogP contribution in [0.2, 0.25) is 0 Å². The molecule has 0 saturated carbocycles. The van der Waals surface area contributed by atoms with E-state index in [-0.39, 0.29) is 5.82 Å². The van der Waals surface area contributed by atoms with E-state index in [9.17, 15) is 4.39 Å². The van der Waals surface area contributed by atoms with Gasteiger partial charge in [-0.2, -0.15) is 0 Å². The largest absolute Gasteiger partial charge is 0.380 e. The first kappa shape index (κ1) is 14.2. The maximum Gasteiger partial charge on any atom is 0.178 e. The molecule has 2 rings (SSSR count). The number of nitrogens with one attached hydrogen (secondary N) is 1. The summed E-state index contributed by atoms with van der Waals surface area (Å²) in [5, 5.41) is 0. The van der Waals surface area contributed by atoms with Crippen LogP contribution < -0.4 is 0 Å². The number of halogens is 1. The fraction of sp³-hybridized carbons (Fsp3) is 0.500. The Morgan fingerprint density at radius 1 is 1.37 bits per heavy atom. The van der Waals surface area contributed by atoms with E-state index in [0.717, 1.165) is 30.5 Å². The zero-order valence-electron chi connectivity index (χ0n) is 11.3. The third kappa shape index (κ3) is 3.22. The second-order valence-electron chi connectivity index (χ2n) is 4.67. The van der Waals surface area contributed by atoms with Crippen molar-refractivity contribution in [3.8, 4) is 0 Å². The second-order valence-corrected chi connectivity index (χ2v) is 5.05. The minimum absolute atomic E-state index is 0.213. The third-order valence-electron chi connectivity index (χ3n) is 3.16. The van der Waals surface area contributed by atoms with Gasteiger partial charge < -0.3 is 14.3 Å². The Bertz CT molecular complexity index is 618. The lowest BCUT2D eigenvalue weighted by Crippen LogP contribution is -2.07. The Kier molecular flexibility index (Phi) is 4.71. The van der Waals surface area contributed by atoms with Crippen molar-refractivity contribution in [3.05, 3.63) is 28.3 Å². The number of benzene rings is 1. The van der Waals surface area contributed by atoms with Crippen molar-refractivity contribution in [2.45, 2.75) is 33.2 Å². The summed E-state index contributed by atoms with van der Waals surface area (Å²) >= 11 is 5.27. The van der Waals surface area contributed by atoms with Crippen LogP contribution in [0.4, 0.5) is 4.39 Å². The predicted octanol–water partition coefficient (Wildman–Crippen LogP) is 3.96. The lowest BCUT2D eigenvalue weighted by molar-refractivity contribution is 0.124. The van der Waals surface area contributed by atoms with Gasteiger partial charge in [-0.05, 0) is 43.3 Å². The minimum atomic E-state index is -0.213. The summed E-state index contributed by atoms with van der Waals surface area (Å²) in [7, 11) is 0. The van der Waals surface area contributed by atoms with E-state index in [1.165, 1.54) is 6.07 Å². The van der Waals surface area contributed by atoms with Crippen LogP contribution in [0.25, 0.3) is 11.0 Å². The highest BCUT2D eigenvalue weighted by Crippen LogP contribution is 2.18. The van der Waals surface area contributed by atoms with Crippen molar-refractivity contribution in [1.29, 1.82) is 0 Å². The number of unbranched alkanes of at least 4 members (excludes halogenated alkanes) is 1. The smallest absolute Gasteiger partial charge is 0.178 e. The monoisotopic (exact) mass is 282 g/mol. The van der Waals surface area contributed by atoms with Gasteiger partial charge in [-0.15, -0.1) is 0 Å². The topological polar surface area (TPSA) is 29.9 Å². The molecule has 0 bridgehead atoms. The molecule has 0 amide bonds. The maximum atomic E-state index is 13.5. The van der Waals surface area contributed by atoms with Crippen LogP contribution in [0.15, 0.2) is 12.1 Å². The lowest BCUT2D eigenvalue weighted by atomic mass is 10.2. The molecular weight excluding hydrogens is 263 g/mol. The molecule has 104 valence electrons. The highest BCUT2D eigenvalue weighted by Gasteiger charge is 2.07. The van der Waals surface area contributed by atoms with Crippen LogP contribution in [-0.2, 0) is 11.3 Å². The van der Waals surface area contributed by atoms with E-state index in [4.69, 9.17) is 17.0 Å². The summed E-state index contributed by atoms with van der Waals surface area (Å²) < 4.78 is 21.6. The van der Waals surface area contributed by atoms with Crippen molar-refractivity contribution >= 4 is 23.3 Å². The van der Waals surface area contributed by atoms with Gasteiger partial charge in [0.05, 0.1) is 17.6 Å². The lowest BCUT2D eigenvalue weighted by Gasteiger charge is -2.06. The second kappa shape index (κ2) is 6.30. The summed E-state index contributed by atoms with van der Waals surface area (Å²) in [6.07, 6.45) is 2.20. The van der Waals surface area contributed by atoms with Gasteiger partial charge in [0, 0.05) is 13.2 Å². The van der Waals surface area contributed by atoms with Gasteiger partial charge in [-0.3, -0.25) is 0 Å². The van der Waals surface area contributed by atoms with E-state index < -0.39 is 0 Å². The molecule has 0 saturated heterocycles. The molecule has 19 heavy (non-hydrogen) atoms. The molecule has 0 aliphatic heterocycles. The SMILES string of the molecule is CCCCOCCn1c(=S)[nH]c2cc(F)c(C)cc21. The summed E-state index contributed by atoms with van der Waals surface area (Å²) in [4.78, 5) is 3.03. The van der Waals surface area contributed by atoms with Gasteiger partial charge in [0.25, 0.3) is 0 Å². The van der Waals surface area contributed by atoms with Gasteiger partial charge in [0.1, 0.15) is 5.82 Å². The number of rotatable bonds is 6. The molecule has 5 heteroatoms. The highest BCUT2D eigenvalue weighted by molar-refractivity contribution is 7.71. The Morgan fingerprint density at radius 2 is 2.16 bits per heavy atom. The molecule has 3 nitrogen and oxygen atoms in total. The Labute approximate surface area is 117 Å². The quantitative estimate of drug-likeness (QED) is 0.642. The van der Waals surface area contributed by atoms with Crippen LogP contribution >= 0.6 is 12.2 Å². The molecule has 1 aromatic heterocycles. The number of H-pyrrole nitrogens is 1. The fourth-order valence-electron chi connectivity index (χ4n) is 2.01. The molecular formula is C14H19FN2OS. The number of aryl methyl sites for hydroxylation is 1. The number of aromatic amines is 1. The average Bonchev–Trinajstić information content (AvgIpc) is 2.66. The summed E-state index contributed by atoms with van der Waals surface area (Å²) in [5.41, 5.74) is 2.30. The van der Waals surface area contributed by atoms with Crippen molar-refractivity contribution < 1.29 is 9.13 Å². The number of fused-ring (bicyclic) bond motifs is 1. The first-order chi connectivity index (χ1) is 9.13. The van der Waals surface area contributed by atoms with Crippen LogP contribution in [0.5, 0.6) is 0 Å². The van der Waals surface area contributed by atoms with Crippen LogP contribution in [0.3, 0.4) is 0 Å². The maximum absolute atomic E-state index is 13.5. The molecule has 0 aliphatic carbocycles. The molecule has 1 aromatic carbocycles. The predicted molar refractivity (Wildman–Crippen MR) is 77.5 cm³/mol. The molecule has 0 radical (unpaired) electrons. The van der Waals surface area contributed by atoms with Gasteiger partial charge in [0.15, 0.2) is 4.77 Å². The normalized spacial score (nSPS) is 11.3. The number of imidazole rings is 1. The van der Waals surface area contributed by atoms with Gasteiger partial charge in [-0.25, -0.2) is 4.39 Å². The number of aromatic nitrogens is 2. The van der Waals surface area contributed by atoms with E-state index >= 15 is 0 Å². The summed E-state index contributed by atoms with van der Waals surface area (Å²) in [6.45, 7) is 5.98. The van der Waals surface area contributed by atoms with Crippen molar-refractivity contribution in [2.24, 2.45) is 0 Å². The van der Waals surface area contributed by atoms with E-state index in [2.05, 4.69) is 11.9 Å². The number of hydrogen-bond donors (Lipinski definition) is 1. The van der Waals surface area contributed by atoms with Crippen molar-refractivity contribution in [2.75, 3.05) is 13.2 Å². The minimum Gasteiger partial charge on any atom is -0.380 e. The molecule has 1 N–H and O–H groups in total. The number of ether oxygens (including phenoxy) is 1. The van der Waals surface area contributed by atoms with Crippen molar-refractivity contribution in [1.82, 2.24) is 9.55 Å². The molecule has 0 atom stereocenters. The first-order valence-electron chi connectivity index (χ1n) is 6.60. The highest BCUT2D eigenvalue weighted by atomic mass is 32.1. The average molecular weight is 282 g/mol. The number of nitrogens with zero attached hydrogens (tertiary/aromatic N) is 1. The summed E-state index contributed by atoms with van der Waals surface area (Å²) in [5.74, 6) is -0.213. The number of hydrogen-bond acceptors (Lipinski definition) is 2. The standard InChI is InChI=1S/C14H19FN2OS/c1-3-4-6-18-7-5-17-13-8-10(2)11(15)9-12(13)16-14(17)19/h8-9H,3-7H2,1-2H3,(H,16,19). The Hall–Kier alpha value is -1.20. The molecule has 0 aliphatic rings. The van der Waals surface area contributed by atoms with E-state index in [0.29, 0.717) is 23.5 Å². The summed E-state index contributed by atoms with van der Waals surface area (Å²) in [6, 6.07) is 3.32. The fourth-order valence-corrected chi connectivity index (χ4v) is 2.31. The van der Waals surface area contributed by atoms with E-state index in [1.807, 2.05) is 10.6 Å². The van der Waals surface area contributed by atoms with Gasteiger partial charge in [0.2, 0.25) is 0 Å². The molecule has 0 spiro atoms. The van der Waals surface area contributed by atoms with Gasteiger partial charge >= 0.3 is 0 Å². The Balaban J connectivity index is 2.16. The molecule has 0 unspecified atom stereocenters. The molecule has 0 fully saturated rings. The molecule has 1 heterocycles. The first-order valence-corrected chi connectivity index (χ1v) is 7.00. The van der Waals surface area contributed by atoms with E-state index in [1.54, 1.807) is 6.92 Å². The Morgan fingerprint density at radius 3 is 2.89 bits per heavy atom. The van der Waals surface area contributed by atoms with Crippen LogP contribution in [-0.4, -0.2) is 22.8 Å². The third-order valence-corrected chi connectivity index (χ3v) is 3.48. The van der Waals surface area contributed by atoms with Crippen LogP contribution in [0.1, 0.15) is 25.3 Å². The zero-order chi connectivity index (χ0) is 13.8.